The van der Waals surface area contributed by atoms with Crippen molar-refractivity contribution >= 4 is 11.8 Å². The van der Waals surface area contributed by atoms with Gasteiger partial charge in [0, 0.05) is 32.5 Å². The van der Waals surface area contributed by atoms with E-state index in [1.54, 1.807) is 4.90 Å². The number of urea groups is 1. The van der Waals surface area contributed by atoms with Crippen LogP contribution in [0.25, 0.3) is 0 Å². The smallest absolute Gasteiger partial charge is 0.317 e. The first-order valence-electron chi connectivity index (χ1n) is 5.40. The molecule has 1 unspecified atom stereocenters. The van der Waals surface area contributed by atoms with Gasteiger partial charge in [-0.15, -0.1) is 0 Å². The van der Waals surface area contributed by atoms with Crippen LogP contribution >= 0.6 is 0 Å². The van der Waals surface area contributed by atoms with Gasteiger partial charge in [0.05, 0.1) is 12.6 Å². The van der Waals surface area contributed by atoms with Crippen molar-refractivity contribution in [1.82, 2.24) is 10.2 Å². The van der Waals surface area contributed by atoms with Crippen LogP contribution in [-0.2, 0) is 9.53 Å². The van der Waals surface area contributed by atoms with E-state index in [1.807, 2.05) is 0 Å². The second-order valence-electron chi connectivity index (χ2n) is 4.04. The molecule has 0 aromatic rings. The van der Waals surface area contributed by atoms with Crippen LogP contribution in [0.2, 0.25) is 0 Å². The van der Waals surface area contributed by atoms with E-state index < -0.39 is 0 Å². The van der Waals surface area contributed by atoms with Crippen LogP contribution in [0, 0.1) is 0 Å². The Morgan fingerprint density at radius 2 is 2.13 bits per heavy atom. The summed E-state index contributed by atoms with van der Waals surface area (Å²) in [5.41, 5.74) is 0. The minimum atomic E-state index is -0.0574. The standard InChI is InChI=1S/C10H16N2O3/c13-9-1-4-12(5-2-9)10(14)11-8-3-6-15-7-8/h8H,1-7H2,(H,11,14). The van der Waals surface area contributed by atoms with Gasteiger partial charge in [0.2, 0.25) is 0 Å². The average molecular weight is 212 g/mol. The molecule has 0 spiro atoms. The van der Waals surface area contributed by atoms with Gasteiger partial charge >= 0.3 is 6.03 Å². The molecule has 2 fully saturated rings. The van der Waals surface area contributed by atoms with Gasteiger partial charge in [0.25, 0.3) is 0 Å². The van der Waals surface area contributed by atoms with Crippen LogP contribution < -0.4 is 5.32 Å². The maximum Gasteiger partial charge on any atom is 0.317 e. The van der Waals surface area contributed by atoms with E-state index in [9.17, 15) is 9.59 Å². The van der Waals surface area contributed by atoms with Gasteiger partial charge in [0.1, 0.15) is 5.78 Å². The number of hydrogen-bond acceptors (Lipinski definition) is 3. The molecular formula is C10H16N2O3. The Balaban J connectivity index is 1.77. The predicted octanol–water partition coefficient (Wildman–Crippen LogP) is 0.150. The fourth-order valence-corrected chi connectivity index (χ4v) is 1.87. The molecule has 1 atom stereocenters. The Bertz CT molecular complexity index is 251. The first kappa shape index (κ1) is 10.4. The van der Waals surface area contributed by atoms with Crippen molar-refractivity contribution < 1.29 is 14.3 Å². The van der Waals surface area contributed by atoms with Crippen molar-refractivity contribution in [2.24, 2.45) is 0 Å². The molecule has 2 rings (SSSR count). The second-order valence-corrected chi connectivity index (χ2v) is 4.04. The summed E-state index contributed by atoms with van der Waals surface area (Å²) >= 11 is 0. The normalized spacial score (nSPS) is 26.8. The Labute approximate surface area is 88.8 Å². The number of Topliss-reactive ketones (excluding diaryl/α,β-unsaturated/α-hetero) is 1. The van der Waals surface area contributed by atoms with Crippen LogP contribution in [0.3, 0.4) is 0 Å². The van der Waals surface area contributed by atoms with Crippen molar-refractivity contribution in [3.63, 3.8) is 0 Å². The quantitative estimate of drug-likeness (QED) is 0.673. The first-order valence-corrected chi connectivity index (χ1v) is 5.40. The van der Waals surface area contributed by atoms with Gasteiger partial charge in [-0.25, -0.2) is 4.79 Å². The minimum absolute atomic E-state index is 0.0574. The summed E-state index contributed by atoms with van der Waals surface area (Å²) in [7, 11) is 0. The van der Waals surface area contributed by atoms with Gasteiger partial charge in [-0.05, 0) is 6.42 Å². The molecule has 2 aliphatic heterocycles. The Kier molecular flexibility index (Phi) is 3.20. The topological polar surface area (TPSA) is 58.6 Å². The third-order valence-corrected chi connectivity index (χ3v) is 2.87. The number of nitrogens with one attached hydrogen (secondary N) is 1. The molecular weight excluding hydrogens is 196 g/mol. The third-order valence-electron chi connectivity index (χ3n) is 2.87. The van der Waals surface area contributed by atoms with E-state index in [2.05, 4.69) is 5.32 Å². The number of hydrogen-bond donors (Lipinski definition) is 1. The number of nitrogens with zero attached hydrogens (tertiary/aromatic N) is 1. The molecule has 2 aliphatic rings. The maximum absolute atomic E-state index is 11.7. The molecule has 5 heteroatoms. The number of ether oxygens (including phenoxy) is 1. The number of carbonyl (C=O) groups is 2. The first-order chi connectivity index (χ1) is 7.25. The Morgan fingerprint density at radius 1 is 1.40 bits per heavy atom. The molecule has 15 heavy (non-hydrogen) atoms. The molecule has 0 saturated carbocycles. The summed E-state index contributed by atoms with van der Waals surface area (Å²) in [6.45, 7) is 2.44. The van der Waals surface area contributed by atoms with E-state index >= 15 is 0 Å². The van der Waals surface area contributed by atoms with Gasteiger partial charge in [-0.2, -0.15) is 0 Å². The summed E-state index contributed by atoms with van der Waals surface area (Å²) in [6, 6.07) is 0.0909. The van der Waals surface area contributed by atoms with Crippen molar-refractivity contribution in [2.45, 2.75) is 25.3 Å². The molecule has 0 bridgehead atoms. The van der Waals surface area contributed by atoms with Crippen molar-refractivity contribution in [3.05, 3.63) is 0 Å². The molecule has 0 aromatic carbocycles. The highest BCUT2D eigenvalue weighted by atomic mass is 16.5. The lowest BCUT2D eigenvalue weighted by molar-refractivity contribution is -0.120. The van der Waals surface area contributed by atoms with Crippen LogP contribution in [0.1, 0.15) is 19.3 Å². The molecule has 0 radical (unpaired) electrons. The summed E-state index contributed by atoms with van der Waals surface area (Å²) in [6.07, 6.45) is 1.88. The molecule has 1 N–H and O–H groups in total. The number of likely N-dealkylation sites (tertiary alicyclic amines) is 1. The summed E-state index contributed by atoms with van der Waals surface area (Å²) in [5, 5.41) is 2.91. The van der Waals surface area contributed by atoms with Crippen LogP contribution in [0.4, 0.5) is 4.79 Å². The van der Waals surface area contributed by atoms with E-state index in [1.165, 1.54) is 0 Å². The SMILES string of the molecule is O=C1CCN(C(=O)NC2CCOC2)CC1. The molecule has 2 saturated heterocycles. The zero-order chi connectivity index (χ0) is 10.7. The lowest BCUT2D eigenvalue weighted by Gasteiger charge is -2.27. The molecule has 0 aromatic heterocycles. The van der Waals surface area contributed by atoms with Gasteiger partial charge in [0.15, 0.2) is 0 Å². The maximum atomic E-state index is 11.7. The zero-order valence-corrected chi connectivity index (χ0v) is 8.70. The molecule has 2 heterocycles. The summed E-state index contributed by atoms with van der Waals surface area (Å²) in [5.74, 6) is 0.253. The number of ketones is 1. The second kappa shape index (κ2) is 4.61. The Hall–Kier alpha value is -1.10. The molecule has 0 aliphatic carbocycles. The highest BCUT2D eigenvalue weighted by molar-refractivity contribution is 5.82. The van der Waals surface area contributed by atoms with Crippen molar-refractivity contribution in [1.29, 1.82) is 0 Å². The number of rotatable bonds is 1. The minimum Gasteiger partial charge on any atom is -0.379 e. The van der Waals surface area contributed by atoms with Crippen molar-refractivity contribution in [2.75, 3.05) is 26.3 Å². The monoisotopic (exact) mass is 212 g/mol. The van der Waals surface area contributed by atoms with Crippen molar-refractivity contribution in [3.8, 4) is 0 Å². The summed E-state index contributed by atoms with van der Waals surface area (Å²) < 4.78 is 5.18. The fraction of sp³-hybridized carbons (Fsp3) is 0.800. The number of piperidine rings is 1. The number of amides is 2. The Morgan fingerprint density at radius 3 is 2.73 bits per heavy atom. The van der Waals surface area contributed by atoms with Crippen LogP contribution in [0.5, 0.6) is 0 Å². The molecule has 2 amide bonds. The van der Waals surface area contributed by atoms with Gasteiger partial charge < -0.3 is 15.0 Å². The lowest BCUT2D eigenvalue weighted by atomic mass is 10.1. The fourth-order valence-electron chi connectivity index (χ4n) is 1.87. The molecule has 5 nitrogen and oxygen atoms in total. The average Bonchev–Trinajstić information content (AvgIpc) is 2.71. The largest absolute Gasteiger partial charge is 0.379 e. The predicted molar refractivity (Wildman–Crippen MR) is 53.6 cm³/mol. The van der Waals surface area contributed by atoms with E-state index in [0.717, 1.165) is 13.0 Å². The molecule has 84 valence electrons. The van der Waals surface area contributed by atoms with Crippen LogP contribution in [0.15, 0.2) is 0 Å². The lowest BCUT2D eigenvalue weighted by Crippen LogP contribution is -2.48. The van der Waals surface area contributed by atoms with Gasteiger partial charge in [-0.1, -0.05) is 0 Å². The zero-order valence-electron chi connectivity index (χ0n) is 8.70. The van der Waals surface area contributed by atoms with E-state index in [-0.39, 0.29) is 17.9 Å². The van der Waals surface area contributed by atoms with Crippen LogP contribution in [-0.4, -0.2) is 49.1 Å². The highest BCUT2D eigenvalue weighted by Crippen LogP contribution is 2.08. The highest BCUT2D eigenvalue weighted by Gasteiger charge is 2.24. The van der Waals surface area contributed by atoms with Gasteiger partial charge in [-0.3, -0.25) is 4.79 Å². The van der Waals surface area contributed by atoms with E-state index in [0.29, 0.717) is 32.5 Å². The summed E-state index contributed by atoms with van der Waals surface area (Å²) in [4.78, 5) is 24.4. The van der Waals surface area contributed by atoms with E-state index in [4.69, 9.17) is 4.74 Å². The third kappa shape index (κ3) is 2.68. The number of carbonyl (C=O) groups excluding carboxylic acids is 2.